The normalized spacial score (nSPS) is 13.1. The average Bonchev–Trinajstić information content (AvgIpc) is 3.57. The summed E-state index contributed by atoms with van der Waals surface area (Å²) < 4.78 is 0. The van der Waals surface area contributed by atoms with Crippen LogP contribution in [-0.4, -0.2) is 40.1 Å². The van der Waals surface area contributed by atoms with Crippen LogP contribution in [0.3, 0.4) is 0 Å². The fourth-order valence-electron chi connectivity index (χ4n) is 3.57. The number of fused-ring (bicyclic) bond motifs is 1. The van der Waals surface area contributed by atoms with E-state index < -0.39 is 0 Å². The number of nitrogens with zero attached hydrogens (tertiary/aromatic N) is 2. The smallest absolute Gasteiger partial charge is 0.243 e. The highest BCUT2D eigenvalue weighted by molar-refractivity contribution is 7.99. The van der Waals surface area contributed by atoms with Crippen molar-refractivity contribution in [3.8, 4) is 0 Å². The molecule has 1 saturated carbocycles. The zero-order chi connectivity index (χ0) is 22.7. The molecule has 0 atom stereocenters. The Morgan fingerprint density at radius 3 is 2.47 bits per heavy atom. The third kappa shape index (κ3) is 5.56. The molecular formula is C24H27N5O2S. The molecule has 2 aromatic carbocycles. The van der Waals surface area contributed by atoms with Crippen molar-refractivity contribution in [3.05, 3.63) is 53.1 Å². The first kappa shape index (κ1) is 22.1. The van der Waals surface area contributed by atoms with E-state index in [4.69, 9.17) is 0 Å². The second-order valence-electron chi connectivity index (χ2n) is 8.18. The zero-order valence-electron chi connectivity index (χ0n) is 18.5. The van der Waals surface area contributed by atoms with Crippen molar-refractivity contribution >= 4 is 46.0 Å². The van der Waals surface area contributed by atoms with Crippen molar-refractivity contribution in [1.29, 1.82) is 0 Å². The van der Waals surface area contributed by atoms with E-state index in [2.05, 4.69) is 25.9 Å². The van der Waals surface area contributed by atoms with E-state index in [-0.39, 0.29) is 24.1 Å². The molecule has 7 nitrogen and oxygen atoms in total. The van der Waals surface area contributed by atoms with Gasteiger partial charge in [0, 0.05) is 17.1 Å². The summed E-state index contributed by atoms with van der Waals surface area (Å²) in [5, 5.41) is 10.5. The number of hydrogen-bond acceptors (Lipinski definition) is 6. The molecule has 4 rings (SSSR count). The SMILES string of the molecule is Cc1cc(C)c(NC(=O)CNC(=O)CSc2nc(NC3CC3)c3ccccc3n2)c(C)c1. The molecule has 0 saturated heterocycles. The molecule has 1 heterocycles. The van der Waals surface area contributed by atoms with Crippen LogP contribution in [0.15, 0.2) is 41.6 Å². The second kappa shape index (κ2) is 9.56. The Morgan fingerprint density at radius 1 is 1.03 bits per heavy atom. The van der Waals surface area contributed by atoms with Crippen LogP contribution in [0.25, 0.3) is 10.9 Å². The zero-order valence-corrected chi connectivity index (χ0v) is 19.3. The highest BCUT2D eigenvalue weighted by Gasteiger charge is 2.23. The summed E-state index contributed by atoms with van der Waals surface area (Å²) in [6.07, 6.45) is 2.29. The van der Waals surface area contributed by atoms with E-state index in [9.17, 15) is 9.59 Å². The molecule has 166 valence electrons. The summed E-state index contributed by atoms with van der Waals surface area (Å²) in [5.41, 5.74) is 4.79. The number of carbonyl (C=O) groups excluding carboxylic acids is 2. The van der Waals surface area contributed by atoms with E-state index in [1.165, 1.54) is 11.8 Å². The largest absolute Gasteiger partial charge is 0.367 e. The summed E-state index contributed by atoms with van der Waals surface area (Å²) in [6, 6.07) is 12.4. The van der Waals surface area contributed by atoms with Gasteiger partial charge in [-0.05, 0) is 56.9 Å². The van der Waals surface area contributed by atoms with E-state index in [1.807, 2.05) is 57.2 Å². The second-order valence-corrected chi connectivity index (χ2v) is 9.12. The van der Waals surface area contributed by atoms with Gasteiger partial charge in [0.05, 0.1) is 17.8 Å². The minimum atomic E-state index is -0.253. The number of amides is 2. The highest BCUT2D eigenvalue weighted by Crippen LogP contribution is 2.29. The maximum Gasteiger partial charge on any atom is 0.243 e. The van der Waals surface area contributed by atoms with Gasteiger partial charge in [0.2, 0.25) is 11.8 Å². The molecular weight excluding hydrogens is 422 g/mol. The molecule has 1 aliphatic carbocycles. The Hall–Kier alpha value is -3.13. The summed E-state index contributed by atoms with van der Waals surface area (Å²) in [7, 11) is 0. The lowest BCUT2D eigenvalue weighted by atomic mass is 10.1. The summed E-state index contributed by atoms with van der Waals surface area (Å²) in [4.78, 5) is 33.8. The third-order valence-corrected chi connectivity index (χ3v) is 6.07. The van der Waals surface area contributed by atoms with E-state index in [0.717, 1.165) is 51.9 Å². The minimum absolute atomic E-state index is 0.0841. The third-order valence-electron chi connectivity index (χ3n) is 5.22. The predicted octanol–water partition coefficient (Wildman–Crippen LogP) is 3.98. The van der Waals surface area contributed by atoms with Crippen molar-refractivity contribution in [2.45, 2.75) is 44.8 Å². The molecule has 1 aliphatic rings. The maximum atomic E-state index is 12.3. The van der Waals surface area contributed by atoms with E-state index >= 15 is 0 Å². The lowest BCUT2D eigenvalue weighted by Crippen LogP contribution is -2.34. The van der Waals surface area contributed by atoms with Crippen molar-refractivity contribution in [3.63, 3.8) is 0 Å². The molecule has 0 aliphatic heterocycles. The van der Waals surface area contributed by atoms with Gasteiger partial charge in [-0.1, -0.05) is 41.6 Å². The minimum Gasteiger partial charge on any atom is -0.367 e. The summed E-state index contributed by atoms with van der Waals surface area (Å²) in [5.74, 6) is 0.452. The van der Waals surface area contributed by atoms with Crippen LogP contribution in [0.4, 0.5) is 11.5 Å². The Labute approximate surface area is 191 Å². The molecule has 2 amide bonds. The summed E-state index contributed by atoms with van der Waals surface area (Å²) in [6.45, 7) is 5.86. The van der Waals surface area contributed by atoms with Crippen LogP contribution in [0, 0.1) is 20.8 Å². The number of aromatic nitrogens is 2. The number of nitrogens with one attached hydrogen (secondary N) is 3. The number of para-hydroxylation sites is 1. The number of thioether (sulfide) groups is 1. The van der Waals surface area contributed by atoms with Crippen LogP contribution < -0.4 is 16.0 Å². The first-order valence-corrected chi connectivity index (χ1v) is 11.7. The van der Waals surface area contributed by atoms with Crippen LogP contribution in [0.2, 0.25) is 0 Å². The molecule has 3 aromatic rings. The van der Waals surface area contributed by atoms with Gasteiger partial charge in [-0.2, -0.15) is 0 Å². The standard InChI is InChI=1S/C24H27N5O2S/c1-14-10-15(2)22(16(3)11-14)28-20(30)12-25-21(31)13-32-24-27-19-7-5-4-6-18(19)23(29-24)26-17-8-9-17/h4-7,10-11,17H,8-9,12-13H2,1-3H3,(H,25,31)(H,28,30)(H,26,27,29). The van der Waals surface area contributed by atoms with Gasteiger partial charge in [-0.3, -0.25) is 9.59 Å². The Morgan fingerprint density at radius 2 is 1.75 bits per heavy atom. The number of hydrogen-bond donors (Lipinski definition) is 3. The molecule has 8 heteroatoms. The van der Waals surface area contributed by atoms with E-state index in [1.54, 1.807) is 0 Å². The van der Waals surface area contributed by atoms with Gasteiger partial charge < -0.3 is 16.0 Å². The molecule has 1 aromatic heterocycles. The molecule has 0 unspecified atom stereocenters. The lowest BCUT2D eigenvalue weighted by molar-refractivity contribution is -0.122. The Kier molecular flexibility index (Phi) is 6.60. The summed E-state index contributed by atoms with van der Waals surface area (Å²) >= 11 is 1.26. The highest BCUT2D eigenvalue weighted by atomic mass is 32.2. The first-order valence-electron chi connectivity index (χ1n) is 10.7. The van der Waals surface area contributed by atoms with Gasteiger partial charge in [0.25, 0.3) is 0 Å². The number of aryl methyl sites for hydroxylation is 3. The monoisotopic (exact) mass is 449 g/mol. The maximum absolute atomic E-state index is 12.3. The number of benzene rings is 2. The molecule has 0 radical (unpaired) electrons. The van der Waals surface area contributed by atoms with Crippen LogP contribution in [0.5, 0.6) is 0 Å². The van der Waals surface area contributed by atoms with Crippen molar-refractivity contribution in [2.24, 2.45) is 0 Å². The molecule has 1 fully saturated rings. The topological polar surface area (TPSA) is 96.0 Å². The van der Waals surface area contributed by atoms with Crippen LogP contribution in [0.1, 0.15) is 29.5 Å². The van der Waals surface area contributed by atoms with Crippen molar-refractivity contribution in [1.82, 2.24) is 15.3 Å². The van der Waals surface area contributed by atoms with Crippen molar-refractivity contribution in [2.75, 3.05) is 22.9 Å². The first-order chi connectivity index (χ1) is 15.4. The fraction of sp³-hybridized carbons (Fsp3) is 0.333. The number of anilines is 2. The molecule has 3 N–H and O–H groups in total. The van der Waals surface area contributed by atoms with Gasteiger partial charge >= 0.3 is 0 Å². The lowest BCUT2D eigenvalue weighted by Gasteiger charge is -2.13. The van der Waals surface area contributed by atoms with Gasteiger partial charge in [-0.15, -0.1) is 0 Å². The molecule has 0 bridgehead atoms. The van der Waals surface area contributed by atoms with Crippen LogP contribution >= 0.6 is 11.8 Å². The van der Waals surface area contributed by atoms with Gasteiger partial charge in [0.15, 0.2) is 5.16 Å². The number of rotatable bonds is 8. The fourth-order valence-corrected chi connectivity index (χ4v) is 4.25. The van der Waals surface area contributed by atoms with Gasteiger partial charge in [-0.25, -0.2) is 9.97 Å². The van der Waals surface area contributed by atoms with Crippen LogP contribution in [-0.2, 0) is 9.59 Å². The number of carbonyl (C=O) groups is 2. The quantitative estimate of drug-likeness (QED) is 0.356. The average molecular weight is 450 g/mol. The Bertz CT molecular complexity index is 1150. The van der Waals surface area contributed by atoms with Gasteiger partial charge in [0.1, 0.15) is 5.82 Å². The van der Waals surface area contributed by atoms with E-state index in [0.29, 0.717) is 11.2 Å². The molecule has 0 spiro atoms. The predicted molar refractivity (Wildman–Crippen MR) is 129 cm³/mol. The van der Waals surface area contributed by atoms with Crippen molar-refractivity contribution < 1.29 is 9.59 Å². The molecule has 32 heavy (non-hydrogen) atoms. The Balaban J connectivity index is 1.32.